The number of benzene rings is 2. The van der Waals surface area contributed by atoms with E-state index in [1.165, 1.54) is 0 Å². The summed E-state index contributed by atoms with van der Waals surface area (Å²) < 4.78 is 5.65. The summed E-state index contributed by atoms with van der Waals surface area (Å²) >= 11 is 0. The van der Waals surface area contributed by atoms with Crippen molar-refractivity contribution in [1.82, 2.24) is 15.1 Å². The number of hydrogen-bond acceptors (Lipinski definition) is 4. The second-order valence-electron chi connectivity index (χ2n) is 7.92. The minimum absolute atomic E-state index is 0.0729. The van der Waals surface area contributed by atoms with Crippen molar-refractivity contribution in [1.29, 1.82) is 0 Å². The Hall–Kier alpha value is -3.35. The number of fused-ring (bicyclic) bond motifs is 2. The molecule has 2 heterocycles. The number of nitrogens with zero attached hydrogens (tertiary/aromatic N) is 2. The zero-order valence-electron chi connectivity index (χ0n) is 17.1. The highest BCUT2D eigenvalue weighted by molar-refractivity contribution is 6.09. The Kier molecular flexibility index (Phi) is 5.20. The molecule has 2 aromatic carbocycles. The number of urea groups is 1. The van der Waals surface area contributed by atoms with Crippen molar-refractivity contribution < 1.29 is 19.1 Å². The summed E-state index contributed by atoms with van der Waals surface area (Å²) in [7, 11) is 0. The lowest BCUT2D eigenvalue weighted by atomic mass is 9.84. The Balaban J connectivity index is 1.56. The molecule has 0 saturated carbocycles. The molecule has 0 aromatic heterocycles. The van der Waals surface area contributed by atoms with E-state index in [2.05, 4.69) is 5.32 Å². The minimum atomic E-state index is -1.17. The molecule has 7 heteroatoms. The predicted octanol–water partition coefficient (Wildman–Crippen LogP) is 2.65. The fourth-order valence-corrected chi connectivity index (χ4v) is 4.08. The number of hydrogen-bond donors (Lipinski definition) is 1. The molecule has 156 valence electrons. The molecule has 0 bridgehead atoms. The maximum absolute atomic E-state index is 13.4. The molecular weight excluding hydrogens is 382 g/mol. The van der Waals surface area contributed by atoms with Crippen molar-refractivity contribution in [3.63, 3.8) is 0 Å². The molecule has 1 N–H and O–H groups in total. The van der Waals surface area contributed by atoms with Gasteiger partial charge < -0.3 is 15.0 Å². The van der Waals surface area contributed by atoms with Crippen molar-refractivity contribution >= 4 is 17.8 Å². The minimum Gasteiger partial charge on any atom is -0.493 e. The third-order valence-corrected chi connectivity index (χ3v) is 5.69. The van der Waals surface area contributed by atoms with Gasteiger partial charge in [0.1, 0.15) is 12.3 Å². The molecular formula is C23H25N3O4. The van der Waals surface area contributed by atoms with Crippen LogP contribution in [0.15, 0.2) is 54.6 Å². The molecule has 0 radical (unpaired) electrons. The maximum atomic E-state index is 13.4. The van der Waals surface area contributed by atoms with E-state index in [4.69, 9.17) is 4.74 Å². The molecule has 2 aliphatic rings. The van der Waals surface area contributed by atoms with Gasteiger partial charge in [-0.25, -0.2) is 4.79 Å². The Morgan fingerprint density at radius 2 is 1.83 bits per heavy atom. The van der Waals surface area contributed by atoms with Crippen LogP contribution in [0, 0.1) is 0 Å². The second kappa shape index (κ2) is 7.82. The van der Waals surface area contributed by atoms with Gasteiger partial charge in [0.05, 0.1) is 6.61 Å². The zero-order valence-corrected chi connectivity index (χ0v) is 17.1. The topological polar surface area (TPSA) is 79.0 Å². The van der Waals surface area contributed by atoms with Crippen LogP contribution in [0.4, 0.5) is 4.79 Å². The number of nitrogens with one attached hydrogen (secondary N) is 1. The van der Waals surface area contributed by atoms with Gasteiger partial charge >= 0.3 is 6.03 Å². The van der Waals surface area contributed by atoms with Crippen LogP contribution in [-0.2, 0) is 21.7 Å². The fraction of sp³-hybridized carbons (Fsp3) is 0.348. The molecule has 1 spiro atoms. The molecule has 4 rings (SSSR count). The van der Waals surface area contributed by atoms with Gasteiger partial charge in [0.2, 0.25) is 5.91 Å². The van der Waals surface area contributed by atoms with Gasteiger partial charge in [-0.3, -0.25) is 14.5 Å². The first-order valence-corrected chi connectivity index (χ1v) is 10.1. The summed E-state index contributed by atoms with van der Waals surface area (Å²) in [6.45, 7) is 4.28. The molecule has 1 fully saturated rings. The van der Waals surface area contributed by atoms with Gasteiger partial charge in [-0.05, 0) is 25.5 Å². The quantitative estimate of drug-likeness (QED) is 0.773. The Labute approximate surface area is 175 Å². The van der Waals surface area contributed by atoms with Gasteiger partial charge in [-0.15, -0.1) is 0 Å². The number of para-hydroxylation sites is 1. The van der Waals surface area contributed by atoms with E-state index in [0.717, 1.165) is 10.5 Å². The predicted molar refractivity (Wildman–Crippen MR) is 111 cm³/mol. The Bertz CT molecular complexity index is 975. The van der Waals surface area contributed by atoms with Crippen molar-refractivity contribution in [2.75, 3.05) is 13.2 Å². The van der Waals surface area contributed by atoms with Crippen molar-refractivity contribution in [3.8, 4) is 5.75 Å². The van der Waals surface area contributed by atoms with Gasteiger partial charge in [0, 0.05) is 24.6 Å². The molecule has 0 aliphatic carbocycles. The molecule has 2 aliphatic heterocycles. The number of amides is 4. The first-order chi connectivity index (χ1) is 14.4. The summed E-state index contributed by atoms with van der Waals surface area (Å²) in [5, 5.41) is 2.84. The average molecular weight is 407 g/mol. The molecule has 4 amide bonds. The van der Waals surface area contributed by atoms with Crippen LogP contribution >= 0.6 is 0 Å². The lowest BCUT2D eigenvalue weighted by Crippen LogP contribution is -2.48. The third-order valence-electron chi connectivity index (χ3n) is 5.69. The molecule has 1 saturated heterocycles. The van der Waals surface area contributed by atoms with Gasteiger partial charge in [0.25, 0.3) is 5.91 Å². The summed E-state index contributed by atoms with van der Waals surface area (Å²) in [6, 6.07) is 16.2. The van der Waals surface area contributed by atoms with Crippen molar-refractivity contribution in [3.05, 3.63) is 65.7 Å². The first kappa shape index (κ1) is 19.9. The maximum Gasteiger partial charge on any atom is 0.325 e. The van der Waals surface area contributed by atoms with E-state index in [9.17, 15) is 14.4 Å². The Morgan fingerprint density at radius 1 is 1.13 bits per heavy atom. The monoisotopic (exact) mass is 407 g/mol. The number of ether oxygens (including phenoxy) is 1. The standard InChI is InChI=1S/C23H25N3O4/c1-16(2)25(14-17-8-4-3-5-9-17)20(27)15-26-21(28)23(24-22(26)29)12-13-30-19-11-7-6-10-18(19)23/h3-11,16H,12-15H2,1-2H3,(H,24,29)/t23-/m1/s1. The largest absolute Gasteiger partial charge is 0.493 e. The molecule has 7 nitrogen and oxygen atoms in total. The summed E-state index contributed by atoms with van der Waals surface area (Å²) in [5.74, 6) is -0.0896. The number of carbonyl (C=O) groups is 3. The summed E-state index contributed by atoms with van der Waals surface area (Å²) in [4.78, 5) is 41.9. The van der Waals surface area contributed by atoms with Crippen molar-refractivity contribution in [2.24, 2.45) is 0 Å². The van der Waals surface area contributed by atoms with Crippen LogP contribution in [0.3, 0.4) is 0 Å². The SMILES string of the molecule is CC(C)N(Cc1ccccc1)C(=O)CN1C(=O)N[C@@]2(CCOc3ccccc32)C1=O. The third kappa shape index (κ3) is 3.40. The van der Waals surface area contributed by atoms with E-state index in [0.29, 0.717) is 30.9 Å². The van der Waals surface area contributed by atoms with Crippen LogP contribution in [0.5, 0.6) is 5.75 Å². The zero-order chi connectivity index (χ0) is 21.3. The highest BCUT2D eigenvalue weighted by Gasteiger charge is 2.55. The van der Waals surface area contributed by atoms with Crippen LogP contribution in [-0.4, -0.2) is 46.8 Å². The van der Waals surface area contributed by atoms with Crippen LogP contribution < -0.4 is 10.1 Å². The number of imide groups is 1. The van der Waals surface area contributed by atoms with Crippen LogP contribution in [0.2, 0.25) is 0 Å². The lowest BCUT2D eigenvalue weighted by molar-refractivity contribution is -0.141. The molecule has 2 aromatic rings. The van der Waals surface area contributed by atoms with Crippen LogP contribution in [0.1, 0.15) is 31.4 Å². The van der Waals surface area contributed by atoms with E-state index in [-0.39, 0.29) is 18.5 Å². The smallest absolute Gasteiger partial charge is 0.325 e. The summed E-state index contributed by atoms with van der Waals surface area (Å²) in [6.07, 6.45) is 0.331. The van der Waals surface area contributed by atoms with E-state index in [1.54, 1.807) is 17.0 Å². The van der Waals surface area contributed by atoms with Crippen molar-refractivity contribution in [2.45, 2.75) is 38.4 Å². The van der Waals surface area contributed by atoms with Gasteiger partial charge in [-0.2, -0.15) is 0 Å². The van der Waals surface area contributed by atoms with E-state index >= 15 is 0 Å². The Morgan fingerprint density at radius 3 is 2.57 bits per heavy atom. The second-order valence-corrected chi connectivity index (χ2v) is 7.92. The van der Waals surface area contributed by atoms with E-state index < -0.39 is 17.5 Å². The average Bonchev–Trinajstić information content (AvgIpc) is 2.97. The lowest BCUT2D eigenvalue weighted by Gasteiger charge is -2.33. The normalized spacial score (nSPS) is 20.2. The fourth-order valence-electron chi connectivity index (χ4n) is 4.08. The van der Waals surface area contributed by atoms with E-state index in [1.807, 2.05) is 56.3 Å². The summed E-state index contributed by atoms with van der Waals surface area (Å²) in [5.41, 5.74) is 0.454. The first-order valence-electron chi connectivity index (χ1n) is 10.1. The van der Waals surface area contributed by atoms with Gasteiger partial charge in [-0.1, -0.05) is 48.5 Å². The van der Waals surface area contributed by atoms with Gasteiger partial charge in [0.15, 0.2) is 5.54 Å². The highest BCUT2D eigenvalue weighted by Crippen LogP contribution is 2.40. The number of carbonyl (C=O) groups excluding carboxylic acids is 3. The molecule has 30 heavy (non-hydrogen) atoms. The van der Waals surface area contributed by atoms with Crippen LogP contribution in [0.25, 0.3) is 0 Å². The highest BCUT2D eigenvalue weighted by atomic mass is 16.5. The molecule has 1 atom stereocenters. The number of rotatable bonds is 5. The molecule has 0 unspecified atom stereocenters.